The molecule has 11 heteroatoms. The fraction of sp³-hybridized carbons (Fsp3) is 0.536. The van der Waals surface area contributed by atoms with Crippen molar-refractivity contribution in [1.29, 1.82) is 0 Å². The summed E-state index contributed by atoms with van der Waals surface area (Å²) in [5.74, 6) is 1.54. The third kappa shape index (κ3) is 8.13. The minimum absolute atomic E-state index is 0.0783. The molecule has 2 aromatic rings. The third-order valence-corrected chi connectivity index (χ3v) is 7.39. The normalized spacial score (nSPS) is 17.6. The highest BCUT2D eigenvalue weighted by Gasteiger charge is 2.32. The molecular weight excluding hydrogens is 498 g/mol. The molecule has 0 radical (unpaired) electrons. The second-order valence-corrected chi connectivity index (χ2v) is 10.1. The molecule has 2 aliphatic heterocycles. The number of amides is 2. The van der Waals surface area contributed by atoms with Crippen molar-refractivity contribution in [3.63, 3.8) is 0 Å². The van der Waals surface area contributed by atoms with Crippen molar-refractivity contribution in [2.45, 2.75) is 45.6 Å². The van der Waals surface area contributed by atoms with E-state index in [1.165, 1.54) is 0 Å². The first kappa shape index (κ1) is 28.3. The largest absolute Gasteiger partial charge is 0.450 e. The molecule has 0 unspecified atom stereocenters. The van der Waals surface area contributed by atoms with Gasteiger partial charge in [0.15, 0.2) is 0 Å². The molecule has 0 bridgehead atoms. The summed E-state index contributed by atoms with van der Waals surface area (Å²) in [7, 11) is 1.55. The van der Waals surface area contributed by atoms with Gasteiger partial charge < -0.3 is 20.2 Å². The van der Waals surface area contributed by atoms with Crippen LogP contribution >= 0.6 is 0 Å². The summed E-state index contributed by atoms with van der Waals surface area (Å²) in [5, 5.41) is 6.97. The van der Waals surface area contributed by atoms with E-state index in [-0.39, 0.29) is 17.7 Å². The van der Waals surface area contributed by atoms with Crippen LogP contribution in [-0.4, -0.2) is 77.4 Å². The third-order valence-electron chi connectivity index (χ3n) is 7.39. The average Bonchev–Trinajstić information content (AvgIpc) is 2.93. The standard InChI is InChI=1S/C28H39N7O4/c1-3-39-28(37)32-26-18-20(4-11-31-26)16-24(33-38-2)22-8-14-35(15-9-22)27(36)23-6-12-34(13-7-23)19-21-5-10-30-25(29)17-21/h4-5,10-11,17-18,22-23H,3,6-9,12-16,19H2,1-2H3,(H2,29,30)(H,31,32,37). The zero-order valence-corrected chi connectivity index (χ0v) is 22.8. The van der Waals surface area contributed by atoms with E-state index in [2.05, 4.69) is 25.3 Å². The highest BCUT2D eigenvalue weighted by molar-refractivity contribution is 5.89. The quantitative estimate of drug-likeness (QED) is 0.367. The zero-order chi connectivity index (χ0) is 27.6. The van der Waals surface area contributed by atoms with Gasteiger partial charge in [-0.25, -0.2) is 14.8 Å². The Balaban J connectivity index is 1.26. The number of nitrogens with zero attached hydrogens (tertiary/aromatic N) is 5. The Morgan fingerprint density at radius 1 is 1.03 bits per heavy atom. The van der Waals surface area contributed by atoms with Crippen LogP contribution in [0, 0.1) is 11.8 Å². The minimum atomic E-state index is -0.533. The van der Waals surface area contributed by atoms with Crippen molar-refractivity contribution in [2.75, 3.05) is 50.9 Å². The predicted octanol–water partition coefficient (Wildman–Crippen LogP) is 3.32. The number of rotatable bonds is 9. The molecule has 2 fully saturated rings. The van der Waals surface area contributed by atoms with Gasteiger partial charge in [-0.1, -0.05) is 5.16 Å². The number of pyridine rings is 2. The Labute approximate surface area is 229 Å². The topological polar surface area (TPSA) is 135 Å². The van der Waals surface area contributed by atoms with Gasteiger partial charge in [0, 0.05) is 50.3 Å². The summed E-state index contributed by atoms with van der Waals surface area (Å²) in [6.45, 7) is 6.11. The van der Waals surface area contributed by atoms with E-state index in [1.807, 2.05) is 29.2 Å². The van der Waals surface area contributed by atoms with Gasteiger partial charge in [0.2, 0.25) is 5.91 Å². The van der Waals surface area contributed by atoms with Crippen molar-refractivity contribution >= 4 is 29.3 Å². The van der Waals surface area contributed by atoms with Gasteiger partial charge in [-0.3, -0.25) is 15.0 Å². The number of anilines is 2. The van der Waals surface area contributed by atoms with Crippen molar-refractivity contribution in [2.24, 2.45) is 17.0 Å². The van der Waals surface area contributed by atoms with Crippen LogP contribution < -0.4 is 11.1 Å². The lowest BCUT2D eigenvalue weighted by atomic mass is 9.87. The van der Waals surface area contributed by atoms with Gasteiger partial charge in [0.05, 0.1) is 12.3 Å². The summed E-state index contributed by atoms with van der Waals surface area (Å²) in [4.78, 5) is 42.9. The van der Waals surface area contributed by atoms with Crippen LogP contribution in [0.3, 0.4) is 0 Å². The van der Waals surface area contributed by atoms with Gasteiger partial charge in [-0.05, 0) is 81.1 Å². The Hall–Kier alpha value is -3.73. The first-order valence-corrected chi connectivity index (χ1v) is 13.6. The SMILES string of the molecule is CCOC(=O)Nc1cc(CC(=NOC)C2CCN(C(=O)C3CCN(Cc4ccnc(N)c4)CC3)CC2)ccn1. The summed E-state index contributed by atoms with van der Waals surface area (Å²) >= 11 is 0. The molecule has 2 amide bonds. The lowest BCUT2D eigenvalue weighted by Crippen LogP contribution is -2.46. The minimum Gasteiger partial charge on any atom is -0.450 e. The highest BCUT2D eigenvalue weighted by atomic mass is 16.6. The summed E-state index contributed by atoms with van der Waals surface area (Å²) in [6, 6.07) is 7.62. The number of likely N-dealkylation sites (tertiary alicyclic amines) is 2. The Morgan fingerprint density at radius 3 is 2.41 bits per heavy atom. The van der Waals surface area contributed by atoms with Crippen LogP contribution in [0.5, 0.6) is 0 Å². The van der Waals surface area contributed by atoms with Crippen LogP contribution in [0.25, 0.3) is 0 Å². The van der Waals surface area contributed by atoms with Gasteiger partial charge in [0.25, 0.3) is 0 Å². The number of ether oxygens (including phenoxy) is 1. The molecule has 0 saturated carbocycles. The van der Waals surface area contributed by atoms with Gasteiger partial charge >= 0.3 is 6.09 Å². The second kappa shape index (κ2) is 13.9. The number of nitrogens with two attached hydrogens (primary N) is 1. The van der Waals surface area contributed by atoms with Gasteiger partial charge in [-0.15, -0.1) is 0 Å². The van der Waals surface area contributed by atoms with E-state index in [0.717, 1.165) is 75.2 Å². The van der Waals surface area contributed by atoms with Gasteiger partial charge in [-0.2, -0.15) is 0 Å². The molecule has 4 rings (SSSR count). The van der Waals surface area contributed by atoms with Crippen LogP contribution in [0.1, 0.15) is 43.7 Å². The smallest absolute Gasteiger partial charge is 0.412 e. The molecule has 11 nitrogen and oxygen atoms in total. The van der Waals surface area contributed by atoms with E-state index >= 15 is 0 Å². The molecule has 2 aliphatic rings. The van der Waals surface area contributed by atoms with Crippen LogP contribution in [0.15, 0.2) is 41.8 Å². The van der Waals surface area contributed by atoms with Crippen molar-refractivity contribution < 1.29 is 19.2 Å². The number of oxime groups is 1. The number of carbonyl (C=O) groups excluding carboxylic acids is 2. The number of aromatic nitrogens is 2. The maximum atomic E-state index is 13.3. The maximum Gasteiger partial charge on any atom is 0.412 e. The van der Waals surface area contributed by atoms with Crippen LogP contribution in [0.2, 0.25) is 0 Å². The Bertz CT molecular complexity index is 1140. The van der Waals surface area contributed by atoms with E-state index in [9.17, 15) is 9.59 Å². The van der Waals surface area contributed by atoms with E-state index in [0.29, 0.717) is 24.7 Å². The van der Waals surface area contributed by atoms with Crippen LogP contribution in [0.4, 0.5) is 16.4 Å². The van der Waals surface area contributed by atoms with Gasteiger partial charge in [0.1, 0.15) is 18.7 Å². The van der Waals surface area contributed by atoms with E-state index < -0.39 is 6.09 Å². The molecule has 0 spiro atoms. The first-order chi connectivity index (χ1) is 18.9. The molecule has 39 heavy (non-hydrogen) atoms. The second-order valence-electron chi connectivity index (χ2n) is 10.1. The highest BCUT2D eigenvalue weighted by Crippen LogP contribution is 2.26. The number of nitrogen functional groups attached to an aromatic ring is 1. The monoisotopic (exact) mass is 537 g/mol. The molecular formula is C28H39N7O4. The molecule has 0 atom stereocenters. The van der Waals surface area contributed by atoms with Crippen molar-refractivity contribution in [3.8, 4) is 0 Å². The number of nitrogens with one attached hydrogen (secondary N) is 1. The lowest BCUT2D eigenvalue weighted by Gasteiger charge is -2.37. The van der Waals surface area contributed by atoms with Crippen LogP contribution in [-0.2, 0) is 27.3 Å². The number of piperidine rings is 2. The zero-order valence-electron chi connectivity index (χ0n) is 22.8. The van der Waals surface area contributed by atoms with E-state index in [4.69, 9.17) is 15.3 Å². The number of hydrogen-bond donors (Lipinski definition) is 2. The number of hydrogen-bond acceptors (Lipinski definition) is 9. The lowest BCUT2D eigenvalue weighted by molar-refractivity contribution is -0.138. The summed E-state index contributed by atoms with van der Waals surface area (Å²) in [6.07, 6.45) is 6.87. The summed E-state index contributed by atoms with van der Waals surface area (Å²) in [5.41, 5.74) is 8.86. The molecule has 0 aromatic carbocycles. The Kier molecular flexibility index (Phi) is 10.1. The molecule has 0 aliphatic carbocycles. The molecule has 2 saturated heterocycles. The summed E-state index contributed by atoms with van der Waals surface area (Å²) < 4.78 is 4.93. The fourth-order valence-electron chi connectivity index (χ4n) is 5.38. The average molecular weight is 538 g/mol. The molecule has 210 valence electrons. The molecule has 3 N–H and O–H groups in total. The maximum absolute atomic E-state index is 13.3. The Morgan fingerprint density at radius 2 is 1.72 bits per heavy atom. The molecule has 2 aromatic heterocycles. The molecule has 4 heterocycles. The van der Waals surface area contributed by atoms with E-state index in [1.54, 1.807) is 26.4 Å². The predicted molar refractivity (Wildman–Crippen MR) is 149 cm³/mol. The first-order valence-electron chi connectivity index (χ1n) is 13.6. The van der Waals surface area contributed by atoms with Crippen molar-refractivity contribution in [3.05, 3.63) is 47.8 Å². The fourth-order valence-corrected chi connectivity index (χ4v) is 5.38. The number of carbonyl (C=O) groups is 2. The van der Waals surface area contributed by atoms with Crippen molar-refractivity contribution in [1.82, 2.24) is 19.8 Å².